The van der Waals surface area contributed by atoms with Crippen LogP contribution in [-0.4, -0.2) is 39.8 Å². The number of hydrogen-bond acceptors (Lipinski definition) is 6. The number of nitrogens with one attached hydrogen (secondary N) is 1. The second-order valence-corrected chi connectivity index (χ2v) is 8.68. The van der Waals surface area contributed by atoms with Crippen LogP contribution in [0.25, 0.3) is 34.0 Å². The third-order valence-electron chi connectivity index (χ3n) is 6.04. The van der Waals surface area contributed by atoms with Crippen LogP contribution in [0.1, 0.15) is 24.0 Å². The number of benzene rings is 3. The van der Waals surface area contributed by atoms with E-state index in [4.69, 9.17) is 15.9 Å². The molecule has 1 aromatic heterocycles. The van der Waals surface area contributed by atoms with E-state index in [0.29, 0.717) is 37.7 Å². The number of aliphatic imine (C=N–C) groups is 1. The van der Waals surface area contributed by atoms with E-state index in [0.717, 1.165) is 33.4 Å². The lowest BCUT2D eigenvalue weighted by Gasteiger charge is -2.14. The summed E-state index contributed by atoms with van der Waals surface area (Å²) >= 11 is 0. The van der Waals surface area contributed by atoms with Crippen molar-refractivity contribution in [3.05, 3.63) is 83.9 Å². The molecule has 0 amide bonds. The highest BCUT2D eigenvalue weighted by Gasteiger charge is 2.17. The first kappa shape index (κ1) is 25.6. The normalized spacial score (nSPS) is 11.7. The molecular formula is C28H30N6O3. The van der Waals surface area contributed by atoms with E-state index in [1.807, 2.05) is 61.5 Å². The maximum absolute atomic E-state index is 11.6. The van der Waals surface area contributed by atoms with Crippen LogP contribution in [-0.2, 0) is 11.3 Å². The fourth-order valence-electron chi connectivity index (χ4n) is 4.12. The van der Waals surface area contributed by atoms with Crippen molar-refractivity contribution in [3.8, 4) is 34.0 Å². The van der Waals surface area contributed by atoms with Crippen LogP contribution in [0.4, 0.5) is 0 Å². The SMILES string of the molecule is Cc1c(-c2ccccc2)cccc1-c1nnc(-c2cccc(CN[C@@H](CCCN=C(N)N)C(=O)O)c2)o1. The summed E-state index contributed by atoms with van der Waals surface area (Å²) in [5, 5.41) is 21.2. The Morgan fingerprint density at radius 3 is 2.43 bits per heavy atom. The minimum Gasteiger partial charge on any atom is -0.480 e. The van der Waals surface area contributed by atoms with Gasteiger partial charge in [-0.05, 0) is 60.2 Å². The van der Waals surface area contributed by atoms with Gasteiger partial charge < -0.3 is 26.3 Å². The second-order valence-electron chi connectivity index (χ2n) is 8.68. The quantitative estimate of drug-likeness (QED) is 0.138. The van der Waals surface area contributed by atoms with E-state index in [1.165, 1.54) is 0 Å². The molecule has 0 aliphatic carbocycles. The molecule has 0 spiro atoms. The van der Waals surface area contributed by atoms with Crippen molar-refractivity contribution in [2.24, 2.45) is 16.5 Å². The van der Waals surface area contributed by atoms with Crippen LogP contribution in [0, 0.1) is 6.92 Å². The number of carboxylic acid groups (broad SMARTS) is 1. The number of carboxylic acids is 1. The number of rotatable bonds is 11. The molecule has 0 aliphatic heterocycles. The van der Waals surface area contributed by atoms with Gasteiger partial charge in [0.2, 0.25) is 11.8 Å². The monoisotopic (exact) mass is 498 g/mol. The topological polar surface area (TPSA) is 153 Å². The minimum atomic E-state index is -0.921. The van der Waals surface area contributed by atoms with E-state index in [-0.39, 0.29) is 5.96 Å². The van der Waals surface area contributed by atoms with Gasteiger partial charge in [0.1, 0.15) is 6.04 Å². The average Bonchev–Trinajstić information content (AvgIpc) is 3.39. The lowest BCUT2D eigenvalue weighted by Crippen LogP contribution is -2.36. The Morgan fingerprint density at radius 2 is 1.68 bits per heavy atom. The summed E-state index contributed by atoms with van der Waals surface area (Å²) in [7, 11) is 0. The molecule has 4 rings (SSSR count). The van der Waals surface area contributed by atoms with Crippen LogP contribution in [0.5, 0.6) is 0 Å². The molecule has 0 unspecified atom stereocenters. The predicted octanol–water partition coefficient (Wildman–Crippen LogP) is 3.98. The highest BCUT2D eigenvalue weighted by Crippen LogP contribution is 2.32. The van der Waals surface area contributed by atoms with Gasteiger partial charge in [-0.15, -0.1) is 10.2 Å². The maximum atomic E-state index is 11.6. The molecule has 0 fully saturated rings. The average molecular weight is 499 g/mol. The largest absolute Gasteiger partial charge is 0.480 e. The summed E-state index contributed by atoms with van der Waals surface area (Å²) in [6, 6.07) is 23.1. The lowest BCUT2D eigenvalue weighted by atomic mass is 9.96. The summed E-state index contributed by atoms with van der Waals surface area (Å²) in [6.45, 7) is 2.80. The van der Waals surface area contributed by atoms with E-state index < -0.39 is 12.0 Å². The number of hydrogen-bond donors (Lipinski definition) is 4. The number of carbonyl (C=O) groups is 1. The predicted molar refractivity (Wildman–Crippen MR) is 144 cm³/mol. The number of aromatic nitrogens is 2. The molecular weight excluding hydrogens is 468 g/mol. The fourth-order valence-corrected chi connectivity index (χ4v) is 4.12. The Balaban J connectivity index is 1.47. The van der Waals surface area contributed by atoms with Crippen LogP contribution in [0.3, 0.4) is 0 Å². The van der Waals surface area contributed by atoms with Gasteiger partial charge in [0.15, 0.2) is 5.96 Å². The molecule has 4 aromatic rings. The zero-order valence-electron chi connectivity index (χ0n) is 20.6. The Hall–Kier alpha value is -4.50. The molecule has 6 N–H and O–H groups in total. The van der Waals surface area contributed by atoms with Crippen LogP contribution >= 0.6 is 0 Å². The van der Waals surface area contributed by atoms with Gasteiger partial charge in [-0.1, -0.05) is 54.6 Å². The molecule has 9 nitrogen and oxygen atoms in total. The van der Waals surface area contributed by atoms with Crippen LogP contribution in [0.2, 0.25) is 0 Å². The summed E-state index contributed by atoms with van der Waals surface area (Å²) in [5.74, 6) is -0.0794. The summed E-state index contributed by atoms with van der Waals surface area (Å²) in [5.41, 5.74) is 16.5. The highest BCUT2D eigenvalue weighted by atomic mass is 16.4. The summed E-state index contributed by atoms with van der Waals surface area (Å²) < 4.78 is 6.06. The zero-order valence-corrected chi connectivity index (χ0v) is 20.6. The van der Waals surface area contributed by atoms with Crippen molar-refractivity contribution in [2.75, 3.05) is 6.54 Å². The molecule has 3 aromatic carbocycles. The Morgan fingerprint density at radius 1 is 0.973 bits per heavy atom. The van der Waals surface area contributed by atoms with Gasteiger partial charge in [-0.25, -0.2) is 0 Å². The van der Waals surface area contributed by atoms with Crippen LogP contribution in [0.15, 0.2) is 82.2 Å². The van der Waals surface area contributed by atoms with Gasteiger partial charge in [0, 0.05) is 24.2 Å². The van der Waals surface area contributed by atoms with Gasteiger partial charge in [-0.2, -0.15) is 0 Å². The maximum Gasteiger partial charge on any atom is 0.320 e. The molecule has 1 atom stereocenters. The first-order valence-corrected chi connectivity index (χ1v) is 12.0. The van der Waals surface area contributed by atoms with Gasteiger partial charge in [0.05, 0.1) is 0 Å². The standard InChI is InChI=1S/C28H30N6O3/c1-18-22(20-9-3-2-4-10-20)12-6-13-23(18)26-34-33-25(37-26)21-11-5-8-19(16-21)17-32-24(27(35)36)14-7-15-31-28(29)30/h2-6,8-13,16,24,32H,7,14-15,17H2,1H3,(H,35,36)(H4,29,30,31)/t24-/m0/s1. The molecule has 0 aliphatic rings. The van der Waals surface area contributed by atoms with Gasteiger partial charge in [-0.3, -0.25) is 9.79 Å². The fraction of sp³-hybridized carbons (Fsp3) is 0.214. The smallest absolute Gasteiger partial charge is 0.320 e. The Labute approximate surface area is 215 Å². The number of aliphatic carboxylic acids is 1. The molecule has 0 saturated heterocycles. The van der Waals surface area contributed by atoms with Gasteiger partial charge in [0.25, 0.3) is 0 Å². The number of guanidine groups is 1. The molecule has 37 heavy (non-hydrogen) atoms. The van der Waals surface area contributed by atoms with Gasteiger partial charge >= 0.3 is 5.97 Å². The summed E-state index contributed by atoms with van der Waals surface area (Å²) in [6.07, 6.45) is 0.956. The third-order valence-corrected chi connectivity index (χ3v) is 6.04. The first-order chi connectivity index (χ1) is 17.9. The number of nitrogens with zero attached hydrogens (tertiary/aromatic N) is 3. The van der Waals surface area contributed by atoms with Crippen molar-refractivity contribution >= 4 is 11.9 Å². The van der Waals surface area contributed by atoms with Crippen molar-refractivity contribution in [3.63, 3.8) is 0 Å². The van der Waals surface area contributed by atoms with E-state index in [1.54, 1.807) is 0 Å². The first-order valence-electron chi connectivity index (χ1n) is 12.0. The van der Waals surface area contributed by atoms with Crippen molar-refractivity contribution in [2.45, 2.75) is 32.4 Å². The zero-order chi connectivity index (χ0) is 26.2. The molecule has 190 valence electrons. The molecule has 0 radical (unpaired) electrons. The van der Waals surface area contributed by atoms with E-state index in [2.05, 4.69) is 38.7 Å². The second kappa shape index (κ2) is 12.0. The Kier molecular flexibility index (Phi) is 8.27. The van der Waals surface area contributed by atoms with Crippen molar-refractivity contribution < 1.29 is 14.3 Å². The van der Waals surface area contributed by atoms with Crippen molar-refractivity contribution in [1.82, 2.24) is 15.5 Å². The third kappa shape index (κ3) is 6.59. The Bertz CT molecular complexity index is 1380. The van der Waals surface area contributed by atoms with Crippen molar-refractivity contribution in [1.29, 1.82) is 0 Å². The minimum absolute atomic E-state index is 0.000100. The summed E-state index contributed by atoms with van der Waals surface area (Å²) in [4.78, 5) is 15.5. The van der Waals surface area contributed by atoms with Crippen LogP contribution < -0.4 is 16.8 Å². The highest BCUT2D eigenvalue weighted by molar-refractivity contribution is 5.76. The molecule has 0 saturated carbocycles. The molecule has 1 heterocycles. The van der Waals surface area contributed by atoms with E-state index in [9.17, 15) is 9.90 Å². The number of nitrogens with two attached hydrogens (primary N) is 2. The molecule has 9 heteroatoms. The lowest BCUT2D eigenvalue weighted by molar-refractivity contribution is -0.139. The molecule has 0 bridgehead atoms. The van der Waals surface area contributed by atoms with E-state index >= 15 is 0 Å².